The van der Waals surface area contributed by atoms with Gasteiger partial charge in [0.2, 0.25) is 0 Å². The first-order chi connectivity index (χ1) is 14.5. The third-order valence-electron chi connectivity index (χ3n) is 5.17. The standard InChI is InChI=1S/C21H27N5O3S/c22-14-18-8-12-26(13-9-18)30(28,29)25-20-5-3-17(4-6-20)7-11-24-16-21(27)19-2-1-10-23-15-19/h1-6,10,15,18,21,24-25,27H,7-9,11-13,16H2/t21-/m0/s1. The molecule has 1 saturated heterocycles. The summed E-state index contributed by atoms with van der Waals surface area (Å²) in [5.74, 6) is -0.0604. The van der Waals surface area contributed by atoms with Crippen molar-refractivity contribution in [3.8, 4) is 6.07 Å². The quantitative estimate of drug-likeness (QED) is 0.524. The number of aliphatic hydroxyl groups excluding tert-OH is 1. The molecular formula is C21H27N5O3S. The van der Waals surface area contributed by atoms with Gasteiger partial charge in [0.15, 0.2) is 0 Å². The van der Waals surface area contributed by atoms with E-state index in [9.17, 15) is 13.5 Å². The van der Waals surface area contributed by atoms with Gasteiger partial charge in [-0.3, -0.25) is 9.71 Å². The van der Waals surface area contributed by atoms with Gasteiger partial charge in [-0.05, 0) is 49.6 Å². The minimum absolute atomic E-state index is 0.0604. The topological polar surface area (TPSA) is 118 Å². The van der Waals surface area contributed by atoms with Crippen LogP contribution in [0.4, 0.5) is 5.69 Å². The van der Waals surface area contributed by atoms with E-state index < -0.39 is 16.3 Å². The third kappa shape index (κ3) is 6.24. The van der Waals surface area contributed by atoms with Crippen molar-refractivity contribution in [2.24, 2.45) is 5.92 Å². The van der Waals surface area contributed by atoms with Crippen LogP contribution in [0.1, 0.15) is 30.1 Å². The Hall–Kier alpha value is -2.51. The summed E-state index contributed by atoms with van der Waals surface area (Å²) in [6.45, 7) is 1.85. The molecule has 0 saturated carbocycles. The lowest BCUT2D eigenvalue weighted by atomic mass is 10.0. The molecule has 1 atom stereocenters. The van der Waals surface area contributed by atoms with Gasteiger partial charge in [0.05, 0.1) is 12.2 Å². The molecule has 0 spiro atoms. The number of benzene rings is 1. The number of nitrogens with one attached hydrogen (secondary N) is 2. The lowest BCUT2D eigenvalue weighted by Crippen LogP contribution is -2.41. The molecule has 1 fully saturated rings. The third-order valence-corrected chi connectivity index (χ3v) is 6.71. The normalized spacial score (nSPS) is 16.7. The number of aromatic nitrogens is 1. The first-order valence-corrected chi connectivity index (χ1v) is 11.5. The second kappa shape index (κ2) is 10.5. The lowest BCUT2D eigenvalue weighted by Gasteiger charge is -2.28. The SMILES string of the molecule is N#CC1CCN(S(=O)(=O)Nc2ccc(CCNC[C@H](O)c3cccnc3)cc2)CC1. The zero-order valence-electron chi connectivity index (χ0n) is 16.7. The average molecular weight is 430 g/mol. The second-order valence-corrected chi connectivity index (χ2v) is 9.03. The van der Waals surface area contributed by atoms with Gasteiger partial charge in [0.1, 0.15) is 0 Å². The van der Waals surface area contributed by atoms with E-state index in [2.05, 4.69) is 21.1 Å². The molecule has 1 aliphatic rings. The number of pyridine rings is 1. The van der Waals surface area contributed by atoms with Gasteiger partial charge in [0, 0.05) is 49.2 Å². The van der Waals surface area contributed by atoms with E-state index in [0.717, 1.165) is 17.5 Å². The molecule has 1 aromatic carbocycles. The summed E-state index contributed by atoms with van der Waals surface area (Å²) in [5, 5.41) is 22.3. The molecule has 1 aromatic heterocycles. The maximum atomic E-state index is 12.5. The van der Waals surface area contributed by atoms with E-state index in [-0.39, 0.29) is 5.92 Å². The molecule has 2 aromatic rings. The summed E-state index contributed by atoms with van der Waals surface area (Å²) in [7, 11) is -3.61. The molecule has 0 radical (unpaired) electrons. The van der Waals surface area contributed by atoms with Crippen LogP contribution in [0.2, 0.25) is 0 Å². The number of hydrogen-bond donors (Lipinski definition) is 3. The minimum Gasteiger partial charge on any atom is -0.387 e. The van der Waals surface area contributed by atoms with Gasteiger partial charge in [0.25, 0.3) is 0 Å². The summed E-state index contributed by atoms with van der Waals surface area (Å²) in [6.07, 6.45) is 4.61. The Bertz CT molecular complexity index is 937. The van der Waals surface area contributed by atoms with Gasteiger partial charge in [-0.15, -0.1) is 0 Å². The number of hydrogen-bond acceptors (Lipinski definition) is 6. The number of aliphatic hydroxyl groups is 1. The molecule has 1 aliphatic heterocycles. The zero-order chi connectivity index (χ0) is 21.4. The molecular weight excluding hydrogens is 402 g/mol. The van der Waals surface area contributed by atoms with Crippen LogP contribution in [-0.2, 0) is 16.6 Å². The summed E-state index contributed by atoms with van der Waals surface area (Å²) in [4.78, 5) is 4.00. The Morgan fingerprint density at radius 3 is 2.60 bits per heavy atom. The van der Waals surface area contributed by atoms with Gasteiger partial charge in [-0.1, -0.05) is 18.2 Å². The fraction of sp³-hybridized carbons (Fsp3) is 0.429. The molecule has 0 amide bonds. The van der Waals surface area contributed by atoms with E-state index in [1.807, 2.05) is 18.2 Å². The van der Waals surface area contributed by atoms with Crippen LogP contribution >= 0.6 is 0 Å². The maximum Gasteiger partial charge on any atom is 0.301 e. The number of nitrogens with zero attached hydrogens (tertiary/aromatic N) is 3. The second-order valence-electron chi connectivity index (χ2n) is 7.36. The highest BCUT2D eigenvalue weighted by atomic mass is 32.2. The van der Waals surface area contributed by atoms with Crippen molar-refractivity contribution in [3.05, 3.63) is 59.9 Å². The highest BCUT2D eigenvalue weighted by molar-refractivity contribution is 7.90. The molecule has 0 bridgehead atoms. The summed E-state index contributed by atoms with van der Waals surface area (Å²) < 4.78 is 29.0. The molecule has 8 nitrogen and oxygen atoms in total. The van der Waals surface area contributed by atoms with Crippen molar-refractivity contribution in [2.75, 3.05) is 30.9 Å². The van der Waals surface area contributed by atoms with E-state index in [1.165, 1.54) is 4.31 Å². The summed E-state index contributed by atoms with van der Waals surface area (Å²) in [5.41, 5.74) is 2.36. The highest BCUT2D eigenvalue weighted by Gasteiger charge is 2.27. The number of anilines is 1. The van der Waals surface area contributed by atoms with Crippen LogP contribution < -0.4 is 10.0 Å². The molecule has 160 valence electrons. The largest absolute Gasteiger partial charge is 0.387 e. The first kappa shape index (κ1) is 22.2. The van der Waals surface area contributed by atoms with Gasteiger partial charge < -0.3 is 10.4 Å². The van der Waals surface area contributed by atoms with Crippen LogP contribution in [-0.4, -0.2) is 49.0 Å². The van der Waals surface area contributed by atoms with Crippen LogP contribution in [0.5, 0.6) is 0 Å². The number of nitriles is 1. The monoisotopic (exact) mass is 429 g/mol. The Kier molecular flexibility index (Phi) is 7.76. The van der Waals surface area contributed by atoms with Crippen molar-refractivity contribution < 1.29 is 13.5 Å². The van der Waals surface area contributed by atoms with Crippen LogP contribution in [0.3, 0.4) is 0 Å². The smallest absolute Gasteiger partial charge is 0.301 e. The van der Waals surface area contributed by atoms with E-state index in [0.29, 0.717) is 44.7 Å². The van der Waals surface area contributed by atoms with Crippen LogP contribution in [0.25, 0.3) is 0 Å². The lowest BCUT2D eigenvalue weighted by molar-refractivity contribution is 0.174. The highest BCUT2D eigenvalue weighted by Crippen LogP contribution is 2.20. The Balaban J connectivity index is 1.43. The number of piperidine rings is 1. The minimum atomic E-state index is -3.61. The molecule has 2 heterocycles. The summed E-state index contributed by atoms with van der Waals surface area (Å²) >= 11 is 0. The molecule has 3 rings (SSSR count). The first-order valence-electron chi connectivity index (χ1n) is 10.0. The van der Waals surface area contributed by atoms with Gasteiger partial charge in [-0.25, -0.2) is 0 Å². The Morgan fingerprint density at radius 2 is 1.97 bits per heavy atom. The van der Waals surface area contributed by atoms with E-state index in [4.69, 9.17) is 5.26 Å². The van der Waals surface area contributed by atoms with Crippen LogP contribution in [0.15, 0.2) is 48.8 Å². The van der Waals surface area contributed by atoms with Crippen molar-refractivity contribution in [3.63, 3.8) is 0 Å². The summed E-state index contributed by atoms with van der Waals surface area (Å²) in [6, 6.07) is 13.1. The molecule has 3 N–H and O–H groups in total. The number of rotatable bonds is 9. The average Bonchev–Trinajstić information content (AvgIpc) is 2.78. The predicted octanol–water partition coefficient (Wildman–Crippen LogP) is 1.84. The van der Waals surface area contributed by atoms with E-state index in [1.54, 1.807) is 30.6 Å². The molecule has 0 aliphatic carbocycles. The van der Waals surface area contributed by atoms with Crippen molar-refractivity contribution >= 4 is 15.9 Å². The Labute approximate surface area is 177 Å². The molecule has 0 unspecified atom stereocenters. The molecule has 9 heteroatoms. The maximum absolute atomic E-state index is 12.5. The van der Waals surface area contributed by atoms with Crippen LogP contribution in [0, 0.1) is 17.2 Å². The fourth-order valence-corrected chi connectivity index (χ4v) is 4.60. The van der Waals surface area contributed by atoms with Crippen molar-refractivity contribution in [1.82, 2.24) is 14.6 Å². The predicted molar refractivity (Wildman–Crippen MR) is 115 cm³/mol. The molecule has 30 heavy (non-hydrogen) atoms. The Morgan fingerprint density at radius 1 is 1.23 bits per heavy atom. The van der Waals surface area contributed by atoms with E-state index >= 15 is 0 Å². The zero-order valence-corrected chi connectivity index (χ0v) is 17.6. The van der Waals surface area contributed by atoms with Gasteiger partial charge in [-0.2, -0.15) is 18.0 Å². The van der Waals surface area contributed by atoms with Gasteiger partial charge >= 0.3 is 10.2 Å². The van der Waals surface area contributed by atoms with Crippen molar-refractivity contribution in [1.29, 1.82) is 5.26 Å². The fourth-order valence-electron chi connectivity index (χ4n) is 3.34. The van der Waals surface area contributed by atoms with Crippen molar-refractivity contribution in [2.45, 2.75) is 25.4 Å².